The van der Waals surface area contributed by atoms with Gasteiger partial charge in [0, 0.05) is 41.8 Å². The fourth-order valence-corrected chi connectivity index (χ4v) is 3.33. The van der Waals surface area contributed by atoms with Gasteiger partial charge in [-0.1, -0.05) is 0 Å². The summed E-state index contributed by atoms with van der Waals surface area (Å²) >= 11 is 1.38. The highest BCUT2D eigenvalue weighted by atomic mass is 32.1. The minimum atomic E-state index is -0.450. The molecule has 1 heterocycles. The van der Waals surface area contributed by atoms with E-state index in [1.165, 1.54) is 35.6 Å². The molecule has 9 heteroatoms. The first-order chi connectivity index (χ1) is 12.9. The fourth-order valence-electron chi connectivity index (χ4n) is 2.53. The monoisotopic (exact) mass is 384 g/mol. The Morgan fingerprint density at radius 2 is 1.89 bits per heavy atom. The van der Waals surface area contributed by atoms with E-state index in [2.05, 4.69) is 10.1 Å². The highest BCUT2D eigenvalue weighted by Crippen LogP contribution is 2.25. The first-order valence-corrected chi connectivity index (χ1v) is 8.75. The second-order valence-electron chi connectivity index (χ2n) is 5.63. The predicted octanol–water partition coefficient (Wildman–Crippen LogP) is 3.34. The lowest BCUT2D eigenvalue weighted by molar-refractivity contribution is -0.384. The van der Waals surface area contributed by atoms with Gasteiger partial charge in [0.1, 0.15) is 11.5 Å². The quantitative estimate of drug-likeness (QED) is 0.408. The second kappa shape index (κ2) is 7.42. The van der Waals surface area contributed by atoms with E-state index >= 15 is 0 Å². The van der Waals surface area contributed by atoms with E-state index in [0.29, 0.717) is 21.8 Å². The Hall–Kier alpha value is -3.46. The zero-order chi connectivity index (χ0) is 19.6. The number of hydrogen-bond donors (Lipinski definition) is 2. The summed E-state index contributed by atoms with van der Waals surface area (Å²) in [6, 6.07) is 10.5. The lowest BCUT2D eigenvalue weighted by atomic mass is 10.1. The van der Waals surface area contributed by atoms with Crippen molar-refractivity contribution in [1.29, 1.82) is 0 Å². The normalized spacial score (nSPS) is 12.4. The summed E-state index contributed by atoms with van der Waals surface area (Å²) in [7, 11) is 1.64. The molecule has 3 rings (SSSR count). The average Bonchev–Trinajstić information content (AvgIpc) is 3.04. The highest BCUT2D eigenvalue weighted by Gasteiger charge is 2.12. The Kier molecular flexibility index (Phi) is 5.04. The second-order valence-corrected chi connectivity index (χ2v) is 6.47. The average molecular weight is 384 g/mol. The van der Waals surface area contributed by atoms with Crippen LogP contribution in [-0.4, -0.2) is 32.6 Å². The molecule has 0 aliphatic rings. The number of nitro groups is 1. The molecule has 0 aliphatic heterocycles. The molecule has 0 bridgehead atoms. The summed E-state index contributed by atoms with van der Waals surface area (Å²) in [6.45, 7) is 1.73. The Bertz CT molecular complexity index is 1100. The fraction of sp³-hybridized carbons (Fsp3) is 0.111. The molecule has 0 amide bonds. The van der Waals surface area contributed by atoms with Crippen LogP contribution in [0, 0.1) is 10.1 Å². The zero-order valence-corrected chi connectivity index (χ0v) is 15.3. The van der Waals surface area contributed by atoms with Crippen LogP contribution in [0.5, 0.6) is 11.5 Å². The van der Waals surface area contributed by atoms with E-state index in [1.807, 2.05) is 5.38 Å². The number of phenols is 2. The summed E-state index contributed by atoms with van der Waals surface area (Å²) < 4.78 is 1.62. The third kappa shape index (κ3) is 3.72. The topological polar surface area (TPSA) is 113 Å². The van der Waals surface area contributed by atoms with Crippen LogP contribution in [0.1, 0.15) is 12.5 Å². The zero-order valence-electron chi connectivity index (χ0n) is 14.5. The molecule has 0 aliphatic carbocycles. The van der Waals surface area contributed by atoms with Crippen molar-refractivity contribution in [3.8, 4) is 22.8 Å². The smallest absolute Gasteiger partial charge is 0.269 e. The molecule has 27 heavy (non-hydrogen) atoms. The Morgan fingerprint density at radius 1 is 1.19 bits per heavy atom. The Labute approximate surface area is 158 Å². The van der Waals surface area contributed by atoms with E-state index in [9.17, 15) is 20.3 Å². The van der Waals surface area contributed by atoms with Gasteiger partial charge in [0.25, 0.3) is 5.69 Å². The van der Waals surface area contributed by atoms with Gasteiger partial charge in [0.15, 0.2) is 0 Å². The Balaban J connectivity index is 2.10. The molecule has 0 atom stereocenters. The SMILES string of the molecule is CN=c1scc(-c2ccc([N+](=O)[O-])cc2)n1N=C(C)c1ccc(O)cc1O. The third-order valence-electron chi connectivity index (χ3n) is 3.87. The number of rotatable bonds is 4. The van der Waals surface area contributed by atoms with Crippen LogP contribution < -0.4 is 4.80 Å². The number of non-ortho nitro benzene ring substituents is 1. The van der Waals surface area contributed by atoms with Crippen LogP contribution in [0.25, 0.3) is 11.3 Å². The molecular weight excluding hydrogens is 368 g/mol. The summed E-state index contributed by atoms with van der Waals surface area (Å²) in [5, 5.41) is 36.8. The van der Waals surface area contributed by atoms with Crippen LogP contribution in [0.15, 0.2) is 57.9 Å². The maximum atomic E-state index is 10.8. The van der Waals surface area contributed by atoms with Crippen molar-refractivity contribution in [2.75, 3.05) is 7.05 Å². The van der Waals surface area contributed by atoms with Crippen molar-refractivity contribution in [1.82, 2.24) is 4.68 Å². The molecule has 2 N–H and O–H groups in total. The number of nitro benzene ring substituents is 1. The van der Waals surface area contributed by atoms with Gasteiger partial charge in [-0.05, 0) is 31.2 Å². The van der Waals surface area contributed by atoms with Crippen molar-refractivity contribution in [3.05, 3.63) is 68.3 Å². The van der Waals surface area contributed by atoms with Crippen LogP contribution in [0.4, 0.5) is 5.69 Å². The molecule has 0 radical (unpaired) electrons. The summed E-state index contributed by atoms with van der Waals surface area (Å²) in [4.78, 5) is 15.2. The molecule has 138 valence electrons. The molecule has 2 aromatic carbocycles. The van der Waals surface area contributed by atoms with E-state index in [-0.39, 0.29) is 17.2 Å². The molecule has 0 unspecified atom stereocenters. The van der Waals surface area contributed by atoms with Crippen LogP contribution >= 0.6 is 11.3 Å². The van der Waals surface area contributed by atoms with Crippen molar-refractivity contribution >= 4 is 22.7 Å². The van der Waals surface area contributed by atoms with Gasteiger partial charge in [-0.3, -0.25) is 15.1 Å². The Morgan fingerprint density at radius 3 is 2.48 bits per heavy atom. The van der Waals surface area contributed by atoms with Crippen molar-refractivity contribution in [3.63, 3.8) is 0 Å². The molecule has 0 fully saturated rings. The van der Waals surface area contributed by atoms with E-state index in [1.54, 1.807) is 36.8 Å². The molecule has 0 spiro atoms. The number of aromatic hydroxyl groups is 2. The van der Waals surface area contributed by atoms with Crippen LogP contribution in [0.3, 0.4) is 0 Å². The number of phenolic OH excluding ortho intramolecular Hbond substituents is 2. The lowest BCUT2D eigenvalue weighted by Crippen LogP contribution is -2.13. The summed E-state index contributed by atoms with van der Waals surface area (Å²) in [6.07, 6.45) is 0. The third-order valence-corrected chi connectivity index (χ3v) is 4.78. The molecule has 8 nitrogen and oxygen atoms in total. The van der Waals surface area contributed by atoms with E-state index in [4.69, 9.17) is 0 Å². The number of hydrogen-bond acceptors (Lipinski definition) is 7. The van der Waals surface area contributed by atoms with Gasteiger partial charge >= 0.3 is 0 Å². The van der Waals surface area contributed by atoms with Gasteiger partial charge in [-0.2, -0.15) is 5.10 Å². The van der Waals surface area contributed by atoms with Crippen molar-refractivity contribution in [2.24, 2.45) is 10.1 Å². The van der Waals surface area contributed by atoms with Crippen LogP contribution in [-0.2, 0) is 0 Å². The van der Waals surface area contributed by atoms with Crippen LogP contribution in [0.2, 0.25) is 0 Å². The van der Waals surface area contributed by atoms with E-state index < -0.39 is 4.92 Å². The standard InChI is InChI=1S/C18H16N4O4S/c1-11(15-8-7-14(23)9-17(15)24)20-21-16(10-27-18(21)19-2)12-3-5-13(6-4-12)22(25)26/h3-10,23-24H,1-2H3. The minimum absolute atomic E-state index is 0.00892. The first kappa shape index (κ1) is 18.3. The first-order valence-electron chi connectivity index (χ1n) is 7.87. The predicted molar refractivity (Wildman–Crippen MR) is 103 cm³/mol. The highest BCUT2D eigenvalue weighted by molar-refractivity contribution is 7.07. The van der Waals surface area contributed by atoms with Gasteiger partial charge < -0.3 is 10.2 Å². The number of aromatic nitrogens is 1. The molecular formula is C18H16N4O4S. The molecule has 3 aromatic rings. The van der Waals surface area contributed by atoms with Gasteiger partial charge in [0.05, 0.1) is 16.3 Å². The number of thiazole rings is 1. The molecule has 0 saturated carbocycles. The van der Waals surface area contributed by atoms with Gasteiger partial charge in [-0.25, -0.2) is 4.68 Å². The van der Waals surface area contributed by atoms with Gasteiger partial charge in [0.2, 0.25) is 4.80 Å². The lowest BCUT2D eigenvalue weighted by Gasteiger charge is -2.08. The molecule has 1 aromatic heterocycles. The minimum Gasteiger partial charge on any atom is -0.508 e. The number of nitrogens with zero attached hydrogens (tertiary/aromatic N) is 4. The summed E-state index contributed by atoms with van der Waals surface area (Å²) in [5.74, 6) is -0.123. The molecule has 0 saturated heterocycles. The summed E-state index contributed by atoms with van der Waals surface area (Å²) in [5.41, 5.74) is 2.47. The maximum Gasteiger partial charge on any atom is 0.269 e. The van der Waals surface area contributed by atoms with Gasteiger partial charge in [-0.15, -0.1) is 11.3 Å². The van der Waals surface area contributed by atoms with Crippen molar-refractivity contribution in [2.45, 2.75) is 6.92 Å². The van der Waals surface area contributed by atoms with Crippen molar-refractivity contribution < 1.29 is 15.1 Å². The van der Waals surface area contributed by atoms with E-state index in [0.717, 1.165) is 5.56 Å². The number of benzene rings is 2. The largest absolute Gasteiger partial charge is 0.508 e. The maximum absolute atomic E-state index is 10.8.